The molecule has 0 bridgehead atoms. The molecule has 2 aromatic carbocycles. The molecule has 0 aromatic heterocycles. The Morgan fingerprint density at radius 3 is 2.43 bits per heavy atom. The summed E-state index contributed by atoms with van der Waals surface area (Å²) < 4.78 is 4.82. The van der Waals surface area contributed by atoms with E-state index in [1.807, 2.05) is 53.4 Å². The Balaban J connectivity index is 2.08. The zero-order valence-electron chi connectivity index (χ0n) is 17.2. The number of carbonyl (C=O) groups excluding carboxylic acids is 3. The number of para-hydroxylation sites is 1. The second-order valence-electron chi connectivity index (χ2n) is 6.88. The Bertz CT molecular complexity index is 860. The number of benzene rings is 2. The Morgan fingerprint density at radius 2 is 1.77 bits per heavy atom. The first-order valence-electron chi connectivity index (χ1n) is 9.53. The molecule has 160 valence electrons. The minimum atomic E-state index is -0.424. The summed E-state index contributed by atoms with van der Waals surface area (Å²) in [5.74, 6) is -1.20. The van der Waals surface area contributed by atoms with Crippen molar-refractivity contribution in [3.05, 3.63) is 60.2 Å². The molecule has 3 N–H and O–H groups in total. The lowest BCUT2D eigenvalue weighted by Crippen LogP contribution is -2.37. The zero-order valence-corrected chi connectivity index (χ0v) is 18.0. The smallest absolute Gasteiger partial charge is 0.309 e. The van der Waals surface area contributed by atoms with E-state index in [-0.39, 0.29) is 30.1 Å². The summed E-state index contributed by atoms with van der Waals surface area (Å²) in [4.78, 5) is 38.4. The Hall–Kier alpha value is -2.84. The maximum absolute atomic E-state index is 12.8. The van der Waals surface area contributed by atoms with Gasteiger partial charge in [-0.15, -0.1) is 11.8 Å². The molecule has 1 unspecified atom stereocenters. The summed E-state index contributed by atoms with van der Waals surface area (Å²) >= 11 is 1.27. The zero-order chi connectivity index (χ0) is 21.9. The molecule has 0 saturated heterocycles. The lowest BCUT2D eigenvalue weighted by Gasteiger charge is -2.24. The molecule has 2 rings (SSSR count). The van der Waals surface area contributed by atoms with Gasteiger partial charge in [-0.2, -0.15) is 0 Å². The molecule has 0 aliphatic carbocycles. The maximum Gasteiger partial charge on any atom is 0.309 e. The van der Waals surface area contributed by atoms with Crippen LogP contribution in [0.1, 0.15) is 12.5 Å². The second-order valence-corrected chi connectivity index (χ2v) is 7.90. The standard InChI is InChI=1S/C22H27N3O4S/c1-16(22(28)29-2)12-25(13-17-8-4-3-5-9-17)14-21(27)24-18-10-6-7-11-19(18)30-15-20(23)26/h3-11,16H,12-15H2,1-2H3,(H2,23,26)(H,24,27). The summed E-state index contributed by atoms with van der Waals surface area (Å²) in [6, 6.07) is 17.0. The van der Waals surface area contributed by atoms with E-state index in [4.69, 9.17) is 10.5 Å². The predicted octanol–water partition coefficient (Wildman–Crippen LogP) is 2.51. The van der Waals surface area contributed by atoms with Crippen LogP contribution >= 0.6 is 11.8 Å². The quantitative estimate of drug-likeness (QED) is 0.420. The van der Waals surface area contributed by atoms with Crippen LogP contribution < -0.4 is 11.1 Å². The Kier molecular flexibility index (Phi) is 9.37. The fraction of sp³-hybridized carbons (Fsp3) is 0.318. The molecule has 8 heteroatoms. The van der Waals surface area contributed by atoms with Gasteiger partial charge in [-0.05, 0) is 17.7 Å². The van der Waals surface area contributed by atoms with E-state index in [0.717, 1.165) is 10.5 Å². The number of amides is 2. The van der Waals surface area contributed by atoms with Crippen molar-refractivity contribution in [2.24, 2.45) is 11.7 Å². The normalized spacial score (nSPS) is 11.7. The van der Waals surface area contributed by atoms with Gasteiger partial charge in [0.2, 0.25) is 11.8 Å². The summed E-state index contributed by atoms with van der Waals surface area (Å²) in [6.45, 7) is 2.78. The minimum absolute atomic E-state index is 0.102. The van der Waals surface area contributed by atoms with Gasteiger partial charge in [-0.25, -0.2) is 0 Å². The monoisotopic (exact) mass is 429 g/mol. The highest BCUT2D eigenvalue weighted by molar-refractivity contribution is 8.00. The van der Waals surface area contributed by atoms with Crippen LogP contribution in [-0.2, 0) is 25.7 Å². The first-order valence-corrected chi connectivity index (χ1v) is 10.5. The highest BCUT2D eigenvalue weighted by Crippen LogP contribution is 2.26. The van der Waals surface area contributed by atoms with E-state index in [1.165, 1.54) is 18.9 Å². The van der Waals surface area contributed by atoms with Gasteiger partial charge in [-0.1, -0.05) is 49.4 Å². The minimum Gasteiger partial charge on any atom is -0.469 e. The topological polar surface area (TPSA) is 102 Å². The van der Waals surface area contributed by atoms with Crippen LogP contribution in [0, 0.1) is 5.92 Å². The van der Waals surface area contributed by atoms with Gasteiger partial charge in [0.1, 0.15) is 0 Å². The van der Waals surface area contributed by atoms with Crippen molar-refractivity contribution in [1.29, 1.82) is 0 Å². The van der Waals surface area contributed by atoms with Crippen LogP contribution in [0.4, 0.5) is 5.69 Å². The van der Waals surface area contributed by atoms with Crippen molar-refractivity contribution in [3.8, 4) is 0 Å². The third kappa shape index (κ3) is 7.88. The van der Waals surface area contributed by atoms with E-state index < -0.39 is 5.91 Å². The van der Waals surface area contributed by atoms with Crippen molar-refractivity contribution in [3.63, 3.8) is 0 Å². The number of esters is 1. The molecule has 0 saturated carbocycles. The fourth-order valence-electron chi connectivity index (χ4n) is 2.93. The molecule has 7 nitrogen and oxygen atoms in total. The number of hydrogen-bond donors (Lipinski definition) is 2. The molecule has 30 heavy (non-hydrogen) atoms. The largest absolute Gasteiger partial charge is 0.469 e. The molecule has 0 fully saturated rings. The highest BCUT2D eigenvalue weighted by atomic mass is 32.2. The average molecular weight is 430 g/mol. The van der Waals surface area contributed by atoms with Gasteiger partial charge >= 0.3 is 5.97 Å². The van der Waals surface area contributed by atoms with E-state index >= 15 is 0 Å². The van der Waals surface area contributed by atoms with Crippen molar-refractivity contribution >= 4 is 35.2 Å². The molecule has 1 atom stereocenters. The molecule has 2 amide bonds. The SMILES string of the molecule is COC(=O)C(C)CN(CC(=O)Nc1ccccc1SCC(N)=O)Cc1ccccc1. The van der Waals surface area contributed by atoms with Gasteiger partial charge in [-0.3, -0.25) is 19.3 Å². The highest BCUT2D eigenvalue weighted by Gasteiger charge is 2.20. The van der Waals surface area contributed by atoms with E-state index in [0.29, 0.717) is 18.8 Å². The first kappa shape index (κ1) is 23.4. The number of hydrogen-bond acceptors (Lipinski definition) is 6. The Labute approximate surface area is 181 Å². The number of thioether (sulfide) groups is 1. The molecule has 2 aromatic rings. The Morgan fingerprint density at radius 1 is 1.10 bits per heavy atom. The molecule has 0 aliphatic heterocycles. The molecular weight excluding hydrogens is 402 g/mol. The van der Waals surface area contributed by atoms with E-state index in [2.05, 4.69) is 5.32 Å². The lowest BCUT2D eigenvalue weighted by atomic mass is 10.1. The number of ether oxygens (including phenoxy) is 1. The van der Waals surface area contributed by atoms with Crippen LogP contribution in [0.15, 0.2) is 59.5 Å². The van der Waals surface area contributed by atoms with E-state index in [1.54, 1.807) is 13.0 Å². The maximum atomic E-state index is 12.8. The third-order valence-electron chi connectivity index (χ3n) is 4.28. The number of anilines is 1. The van der Waals surface area contributed by atoms with Gasteiger partial charge in [0.05, 0.1) is 31.0 Å². The van der Waals surface area contributed by atoms with Gasteiger partial charge in [0.25, 0.3) is 0 Å². The van der Waals surface area contributed by atoms with Gasteiger partial charge < -0.3 is 15.8 Å². The molecule has 0 heterocycles. The van der Waals surface area contributed by atoms with Crippen LogP contribution in [-0.4, -0.2) is 48.6 Å². The lowest BCUT2D eigenvalue weighted by molar-refractivity contribution is -0.145. The van der Waals surface area contributed by atoms with Crippen molar-refractivity contribution < 1.29 is 19.1 Å². The number of methoxy groups -OCH3 is 1. The third-order valence-corrected chi connectivity index (χ3v) is 5.38. The fourth-order valence-corrected chi connectivity index (χ4v) is 3.67. The number of rotatable bonds is 11. The first-order chi connectivity index (χ1) is 14.4. The number of nitrogens with one attached hydrogen (secondary N) is 1. The summed E-state index contributed by atoms with van der Waals surface area (Å²) in [6.07, 6.45) is 0. The van der Waals surface area contributed by atoms with Gasteiger partial charge in [0.15, 0.2) is 0 Å². The van der Waals surface area contributed by atoms with Crippen LogP contribution in [0.3, 0.4) is 0 Å². The number of carbonyl (C=O) groups is 3. The summed E-state index contributed by atoms with van der Waals surface area (Å²) in [5.41, 5.74) is 6.88. The van der Waals surface area contributed by atoms with E-state index in [9.17, 15) is 14.4 Å². The molecule has 0 aliphatic rings. The number of primary amides is 1. The number of nitrogens with two attached hydrogens (primary N) is 1. The average Bonchev–Trinajstić information content (AvgIpc) is 2.73. The predicted molar refractivity (Wildman–Crippen MR) is 118 cm³/mol. The summed E-state index contributed by atoms with van der Waals surface area (Å²) in [5, 5.41) is 2.90. The molecule has 0 radical (unpaired) electrons. The van der Waals surface area contributed by atoms with Crippen molar-refractivity contribution in [1.82, 2.24) is 4.90 Å². The van der Waals surface area contributed by atoms with Crippen molar-refractivity contribution in [2.75, 3.05) is 31.3 Å². The van der Waals surface area contributed by atoms with Crippen LogP contribution in [0.2, 0.25) is 0 Å². The van der Waals surface area contributed by atoms with Gasteiger partial charge in [0, 0.05) is 18.0 Å². The molecular formula is C22H27N3O4S. The van der Waals surface area contributed by atoms with Crippen LogP contribution in [0.25, 0.3) is 0 Å². The second kappa shape index (κ2) is 12.0. The summed E-state index contributed by atoms with van der Waals surface area (Å²) in [7, 11) is 1.35. The van der Waals surface area contributed by atoms with Crippen molar-refractivity contribution in [2.45, 2.75) is 18.4 Å². The van der Waals surface area contributed by atoms with Crippen LogP contribution in [0.5, 0.6) is 0 Å². The number of nitrogens with zero attached hydrogens (tertiary/aromatic N) is 1. The molecule has 0 spiro atoms.